The summed E-state index contributed by atoms with van der Waals surface area (Å²) in [4.78, 5) is 73.0. The minimum atomic E-state index is -4.96. The van der Waals surface area contributed by atoms with Crippen LogP contribution in [0, 0.1) is 23.7 Å². The minimum Gasteiger partial charge on any atom is -0.462 e. The van der Waals surface area contributed by atoms with E-state index in [9.17, 15) is 43.2 Å². The van der Waals surface area contributed by atoms with E-state index in [1.165, 1.54) is 212 Å². The number of rotatable bonds is 78. The third kappa shape index (κ3) is 71.7. The molecule has 0 aromatic rings. The van der Waals surface area contributed by atoms with Gasteiger partial charge in [-0.05, 0) is 49.4 Å². The number of ether oxygens (including phenoxy) is 4. The molecule has 0 radical (unpaired) electrons. The van der Waals surface area contributed by atoms with Crippen LogP contribution in [0.5, 0.6) is 0 Å². The Kier molecular flexibility index (Phi) is 68.7. The molecule has 3 N–H and O–H groups in total. The number of carbonyl (C=O) groups is 4. The Hall–Kier alpha value is -1.94. The number of phosphoric ester groups is 2. The molecule has 17 nitrogen and oxygen atoms in total. The van der Waals surface area contributed by atoms with E-state index >= 15 is 0 Å². The zero-order valence-electron chi connectivity index (χ0n) is 65.8. The Bertz CT molecular complexity index is 1960. The molecule has 0 fully saturated rings. The number of carbonyl (C=O) groups excluding carboxylic acids is 4. The lowest BCUT2D eigenvalue weighted by Crippen LogP contribution is -2.30. The van der Waals surface area contributed by atoms with Gasteiger partial charge in [0.2, 0.25) is 0 Å². The monoisotopic (exact) mass is 1470 g/mol. The molecule has 0 aromatic heterocycles. The van der Waals surface area contributed by atoms with Gasteiger partial charge in [-0.3, -0.25) is 37.3 Å². The van der Waals surface area contributed by atoms with Crippen LogP contribution in [0.25, 0.3) is 0 Å². The lowest BCUT2D eigenvalue weighted by Gasteiger charge is -2.21. The molecule has 0 amide bonds. The summed E-state index contributed by atoms with van der Waals surface area (Å²) >= 11 is 0. The fourth-order valence-corrected chi connectivity index (χ4v) is 13.9. The van der Waals surface area contributed by atoms with Crippen molar-refractivity contribution in [2.45, 2.75) is 433 Å². The number of unbranched alkanes of at least 4 members (excludes halogenated alkanes) is 42. The van der Waals surface area contributed by atoms with Gasteiger partial charge >= 0.3 is 39.5 Å². The first-order chi connectivity index (χ1) is 48.2. The molecular weight excluding hydrogens is 1310 g/mol. The molecule has 100 heavy (non-hydrogen) atoms. The van der Waals surface area contributed by atoms with Crippen LogP contribution in [0.4, 0.5) is 0 Å². The molecule has 0 bridgehead atoms. The lowest BCUT2D eigenvalue weighted by atomic mass is 9.99. The van der Waals surface area contributed by atoms with Gasteiger partial charge in [-0.1, -0.05) is 364 Å². The Balaban J connectivity index is 5.22. The Morgan fingerprint density at radius 2 is 0.480 bits per heavy atom. The van der Waals surface area contributed by atoms with Crippen molar-refractivity contribution >= 4 is 39.5 Å². The smallest absolute Gasteiger partial charge is 0.462 e. The van der Waals surface area contributed by atoms with Gasteiger partial charge in [-0.15, -0.1) is 0 Å². The largest absolute Gasteiger partial charge is 0.472 e. The van der Waals surface area contributed by atoms with Crippen LogP contribution < -0.4 is 0 Å². The maximum Gasteiger partial charge on any atom is 0.472 e. The number of esters is 4. The fraction of sp³-hybridized carbons (Fsp3) is 0.951. The van der Waals surface area contributed by atoms with Gasteiger partial charge in [0.1, 0.15) is 19.3 Å². The van der Waals surface area contributed by atoms with Crippen molar-refractivity contribution in [3.63, 3.8) is 0 Å². The summed E-state index contributed by atoms with van der Waals surface area (Å²) in [7, 11) is -9.92. The van der Waals surface area contributed by atoms with Crippen LogP contribution in [-0.2, 0) is 65.4 Å². The van der Waals surface area contributed by atoms with E-state index < -0.39 is 97.5 Å². The van der Waals surface area contributed by atoms with Crippen LogP contribution in [0.15, 0.2) is 0 Å². The van der Waals surface area contributed by atoms with Gasteiger partial charge in [0, 0.05) is 25.7 Å². The first-order valence-corrected chi connectivity index (χ1v) is 44.8. The molecular formula is C81H158O17P2. The minimum absolute atomic E-state index is 0.106. The molecule has 0 saturated carbocycles. The van der Waals surface area contributed by atoms with E-state index in [4.69, 9.17) is 37.0 Å². The molecule has 0 heterocycles. The van der Waals surface area contributed by atoms with Gasteiger partial charge in [0.05, 0.1) is 26.4 Å². The number of aliphatic hydroxyl groups excluding tert-OH is 1. The van der Waals surface area contributed by atoms with Crippen molar-refractivity contribution in [2.24, 2.45) is 23.7 Å². The van der Waals surface area contributed by atoms with Crippen LogP contribution in [-0.4, -0.2) is 96.7 Å². The Morgan fingerprint density at radius 3 is 0.710 bits per heavy atom. The summed E-state index contributed by atoms with van der Waals surface area (Å²) in [6, 6.07) is 0. The standard InChI is InChI=1S/C81H158O17P2/c1-9-73(7)59-51-43-35-29-22-18-15-16-19-23-30-36-45-53-61-78(83)91-67-76(97-81(86)64-56-48-38-32-26-25-28-34-42-50-58-72(5)6)69-95-99(87,88)93-65-75(82)66-94-100(89,90)96-70-77(68-92-79(84)62-54-46-40-39-44-52-60-74(8)10-2)98-80(85)63-55-47-37-31-24-20-14-12-11-13-17-21-27-33-41-49-57-71(3)4/h71-77,82H,9-70H2,1-8H3,(H,87,88)(H,89,90)/t73?,74?,75-,76-,77-/m1/s1. The van der Waals surface area contributed by atoms with Crippen molar-refractivity contribution in [3.8, 4) is 0 Å². The first kappa shape index (κ1) is 98.1. The average molecular weight is 1470 g/mol. The summed E-state index contributed by atoms with van der Waals surface area (Å²) in [5, 5.41) is 10.6. The second kappa shape index (κ2) is 70.1. The van der Waals surface area contributed by atoms with Crippen LogP contribution in [0.3, 0.4) is 0 Å². The Labute approximate surface area is 613 Å². The second-order valence-electron chi connectivity index (χ2n) is 30.6. The van der Waals surface area contributed by atoms with E-state index in [2.05, 4.69) is 55.4 Å². The maximum absolute atomic E-state index is 13.1. The summed E-state index contributed by atoms with van der Waals surface area (Å²) in [6.07, 6.45) is 56.9. The summed E-state index contributed by atoms with van der Waals surface area (Å²) in [5.41, 5.74) is 0. The quantitative estimate of drug-likeness (QED) is 0.0222. The molecule has 4 unspecified atom stereocenters. The van der Waals surface area contributed by atoms with E-state index in [1.54, 1.807) is 0 Å². The molecule has 0 aliphatic carbocycles. The van der Waals surface area contributed by atoms with E-state index in [0.29, 0.717) is 25.7 Å². The van der Waals surface area contributed by atoms with Crippen molar-refractivity contribution < 1.29 is 80.2 Å². The van der Waals surface area contributed by atoms with Crippen molar-refractivity contribution in [2.75, 3.05) is 39.6 Å². The average Bonchev–Trinajstić information content (AvgIpc) is 0.932. The van der Waals surface area contributed by atoms with Gasteiger partial charge in [-0.2, -0.15) is 0 Å². The first-order valence-electron chi connectivity index (χ1n) is 41.8. The Morgan fingerprint density at radius 1 is 0.280 bits per heavy atom. The third-order valence-electron chi connectivity index (χ3n) is 19.5. The molecule has 0 aliphatic rings. The summed E-state index contributed by atoms with van der Waals surface area (Å²) in [6.45, 7) is 14.3. The summed E-state index contributed by atoms with van der Waals surface area (Å²) < 4.78 is 68.7. The maximum atomic E-state index is 13.1. The second-order valence-corrected chi connectivity index (χ2v) is 33.5. The van der Waals surface area contributed by atoms with E-state index in [1.807, 2.05) is 0 Å². The SMILES string of the molecule is CCC(C)CCCCCCCCCCCCCCCCC(=O)OC[C@H](COP(=O)(O)OC[C@@H](O)COP(=O)(O)OC[C@@H](COC(=O)CCCCCCCCC(C)CC)OC(=O)CCCCCCCCCCCCCCCCCCC(C)C)OC(=O)CCCCCCCCCCCCC(C)C. The van der Waals surface area contributed by atoms with Crippen LogP contribution in [0.2, 0.25) is 0 Å². The van der Waals surface area contributed by atoms with E-state index in [-0.39, 0.29) is 25.7 Å². The third-order valence-corrected chi connectivity index (χ3v) is 21.4. The van der Waals surface area contributed by atoms with Gasteiger partial charge in [-0.25, -0.2) is 9.13 Å². The number of hydrogen-bond acceptors (Lipinski definition) is 15. The molecule has 0 rings (SSSR count). The highest BCUT2D eigenvalue weighted by atomic mass is 31.2. The number of phosphoric acid groups is 2. The highest BCUT2D eigenvalue weighted by molar-refractivity contribution is 7.47. The highest BCUT2D eigenvalue weighted by Gasteiger charge is 2.30. The number of hydrogen-bond donors (Lipinski definition) is 3. The van der Waals surface area contributed by atoms with Gasteiger partial charge in [0.15, 0.2) is 12.2 Å². The fourth-order valence-electron chi connectivity index (χ4n) is 12.4. The lowest BCUT2D eigenvalue weighted by molar-refractivity contribution is -0.161. The van der Waals surface area contributed by atoms with Crippen molar-refractivity contribution in [1.29, 1.82) is 0 Å². The van der Waals surface area contributed by atoms with Crippen molar-refractivity contribution in [1.82, 2.24) is 0 Å². The molecule has 0 aromatic carbocycles. The molecule has 0 saturated heterocycles. The van der Waals surface area contributed by atoms with Crippen LogP contribution >= 0.6 is 15.6 Å². The zero-order valence-corrected chi connectivity index (χ0v) is 67.6. The molecule has 0 aliphatic heterocycles. The van der Waals surface area contributed by atoms with Crippen LogP contribution in [0.1, 0.15) is 415 Å². The van der Waals surface area contributed by atoms with Gasteiger partial charge in [0.25, 0.3) is 0 Å². The molecule has 7 atom stereocenters. The van der Waals surface area contributed by atoms with Crippen molar-refractivity contribution in [3.05, 3.63) is 0 Å². The zero-order chi connectivity index (χ0) is 73.8. The highest BCUT2D eigenvalue weighted by Crippen LogP contribution is 2.45. The predicted molar refractivity (Wildman–Crippen MR) is 409 cm³/mol. The normalized spacial score (nSPS) is 14.6. The molecule has 19 heteroatoms. The number of aliphatic hydroxyl groups is 1. The molecule has 0 spiro atoms. The van der Waals surface area contributed by atoms with Gasteiger partial charge < -0.3 is 33.8 Å². The van der Waals surface area contributed by atoms with E-state index in [0.717, 1.165) is 120 Å². The molecule has 594 valence electrons. The topological polar surface area (TPSA) is 237 Å². The predicted octanol–water partition coefficient (Wildman–Crippen LogP) is 24.0. The summed E-state index contributed by atoms with van der Waals surface area (Å²) in [5.74, 6) is 1.03.